The van der Waals surface area contributed by atoms with E-state index in [1.807, 2.05) is 6.92 Å². The maximum Gasteiger partial charge on any atom is 0.359 e. The van der Waals surface area contributed by atoms with Gasteiger partial charge in [-0.05, 0) is 6.42 Å². The van der Waals surface area contributed by atoms with Gasteiger partial charge in [-0.25, -0.2) is 9.48 Å². The molecule has 0 radical (unpaired) electrons. The Balaban J connectivity index is 2.87. The minimum Gasteiger partial charge on any atom is -0.464 e. The molecule has 0 unspecified atom stereocenters. The van der Waals surface area contributed by atoms with Crippen LogP contribution >= 0.6 is 0 Å². The molecule has 0 aromatic carbocycles. The van der Waals surface area contributed by atoms with Crippen molar-refractivity contribution < 1.29 is 19.0 Å². The number of aryl methyl sites for hydroxylation is 1. The van der Waals surface area contributed by atoms with Gasteiger partial charge in [-0.1, -0.05) is 6.92 Å². The van der Waals surface area contributed by atoms with Crippen molar-refractivity contribution in [2.45, 2.75) is 26.5 Å². The van der Waals surface area contributed by atoms with Gasteiger partial charge < -0.3 is 19.9 Å². The number of nitrogens with two attached hydrogens (primary N) is 1. The third kappa shape index (κ3) is 3.93. The number of hydrogen-bond donors (Lipinski definition) is 1. The van der Waals surface area contributed by atoms with Gasteiger partial charge in [0.25, 0.3) is 0 Å². The number of nitrogens with zero attached hydrogens (tertiary/aromatic N) is 2. The molecule has 1 rings (SSSR count). The van der Waals surface area contributed by atoms with E-state index in [9.17, 15) is 4.79 Å². The van der Waals surface area contributed by atoms with Crippen molar-refractivity contribution in [1.29, 1.82) is 0 Å². The SMILES string of the molecule is CCCn1nc(C(=O)OC)c(COCCOC)c1N. The van der Waals surface area contributed by atoms with Gasteiger partial charge >= 0.3 is 5.97 Å². The number of carbonyl (C=O) groups excluding carboxylic acids is 1. The highest BCUT2D eigenvalue weighted by molar-refractivity contribution is 5.90. The maximum atomic E-state index is 11.7. The normalized spacial score (nSPS) is 10.7. The topological polar surface area (TPSA) is 88.6 Å². The standard InChI is InChI=1S/C12H21N3O4/c1-4-5-15-11(13)9(8-19-7-6-17-2)10(14-15)12(16)18-3/h4-8,13H2,1-3H3. The predicted molar refractivity (Wildman–Crippen MR) is 69.8 cm³/mol. The van der Waals surface area contributed by atoms with Crippen LogP contribution in [0.5, 0.6) is 0 Å². The van der Waals surface area contributed by atoms with Crippen LogP contribution in [0, 0.1) is 0 Å². The fourth-order valence-electron chi connectivity index (χ4n) is 1.61. The number of nitrogen functional groups attached to an aromatic ring is 1. The quantitative estimate of drug-likeness (QED) is 0.556. The third-order valence-corrected chi connectivity index (χ3v) is 2.59. The lowest BCUT2D eigenvalue weighted by Crippen LogP contribution is -2.09. The van der Waals surface area contributed by atoms with Gasteiger partial charge in [-0.15, -0.1) is 0 Å². The first-order chi connectivity index (χ1) is 9.15. The van der Waals surface area contributed by atoms with Crippen LogP contribution in [-0.4, -0.2) is 43.2 Å². The zero-order chi connectivity index (χ0) is 14.3. The fourth-order valence-corrected chi connectivity index (χ4v) is 1.61. The Hall–Kier alpha value is -1.60. The molecule has 0 aliphatic carbocycles. The van der Waals surface area contributed by atoms with Crippen molar-refractivity contribution >= 4 is 11.8 Å². The lowest BCUT2D eigenvalue weighted by Gasteiger charge is -2.05. The molecular weight excluding hydrogens is 250 g/mol. The Kier molecular flexibility index (Phi) is 6.31. The second-order valence-corrected chi connectivity index (χ2v) is 3.97. The Morgan fingerprint density at radius 3 is 2.68 bits per heavy atom. The van der Waals surface area contributed by atoms with Crippen LogP contribution in [0.25, 0.3) is 0 Å². The van der Waals surface area contributed by atoms with Crippen LogP contribution in [0.4, 0.5) is 5.82 Å². The molecular formula is C12H21N3O4. The third-order valence-electron chi connectivity index (χ3n) is 2.59. The summed E-state index contributed by atoms with van der Waals surface area (Å²) in [5.74, 6) is -0.0634. The molecule has 108 valence electrons. The molecule has 2 N–H and O–H groups in total. The molecule has 0 aliphatic rings. The molecule has 19 heavy (non-hydrogen) atoms. The number of anilines is 1. The zero-order valence-corrected chi connectivity index (χ0v) is 11.6. The largest absolute Gasteiger partial charge is 0.464 e. The molecule has 7 nitrogen and oxygen atoms in total. The van der Waals surface area contributed by atoms with Gasteiger partial charge in [0.15, 0.2) is 5.69 Å². The van der Waals surface area contributed by atoms with Crippen molar-refractivity contribution in [3.63, 3.8) is 0 Å². The molecule has 0 amide bonds. The number of carbonyl (C=O) groups is 1. The van der Waals surface area contributed by atoms with Gasteiger partial charge in [0.1, 0.15) is 5.82 Å². The van der Waals surface area contributed by atoms with Gasteiger partial charge in [-0.2, -0.15) is 5.10 Å². The minimum atomic E-state index is -0.508. The maximum absolute atomic E-state index is 11.7. The van der Waals surface area contributed by atoms with E-state index in [-0.39, 0.29) is 12.3 Å². The zero-order valence-electron chi connectivity index (χ0n) is 11.6. The smallest absolute Gasteiger partial charge is 0.359 e. The van der Waals surface area contributed by atoms with E-state index in [0.29, 0.717) is 31.1 Å². The predicted octanol–water partition coefficient (Wildman–Crippen LogP) is 0.825. The first-order valence-corrected chi connectivity index (χ1v) is 6.15. The summed E-state index contributed by atoms with van der Waals surface area (Å²) in [6.45, 7) is 3.77. The lowest BCUT2D eigenvalue weighted by molar-refractivity contribution is 0.0549. The summed E-state index contributed by atoms with van der Waals surface area (Å²) in [7, 11) is 2.91. The molecule has 1 heterocycles. The van der Waals surface area contributed by atoms with Crippen LogP contribution in [-0.2, 0) is 27.4 Å². The molecule has 0 aliphatic heterocycles. The number of esters is 1. The molecule has 7 heteroatoms. The second-order valence-electron chi connectivity index (χ2n) is 3.97. The molecule has 0 spiro atoms. The van der Waals surface area contributed by atoms with Crippen molar-refractivity contribution in [2.24, 2.45) is 0 Å². The summed E-state index contributed by atoms with van der Waals surface area (Å²) in [4.78, 5) is 11.7. The Bertz CT molecular complexity index is 417. The molecule has 0 saturated carbocycles. The van der Waals surface area contributed by atoms with Crippen molar-refractivity contribution in [3.05, 3.63) is 11.3 Å². The van der Waals surface area contributed by atoms with E-state index < -0.39 is 5.97 Å². The summed E-state index contributed by atoms with van der Waals surface area (Å²) in [5.41, 5.74) is 6.76. The van der Waals surface area contributed by atoms with Gasteiger partial charge in [-0.3, -0.25) is 0 Å². The number of hydrogen-bond acceptors (Lipinski definition) is 6. The first-order valence-electron chi connectivity index (χ1n) is 6.15. The second kappa shape index (κ2) is 7.75. The molecule has 0 bridgehead atoms. The highest BCUT2D eigenvalue weighted by atomic mass is 16.5. The van der Waals surface area contributed by atoms with E-state index in [1.54, 1.807) is 11.8 Å². The first kappa shape index (κ1) is 15.5. The summed E-state index contributed by atoms with van der Waals surface area (Å²) in [6, 6.07) is 0. The average molecular weight is 271 g/mol. The van der Waals surface area contributed by atoms with Crippen LogP contribution < -0.4 is 5.73 Å². The van der Waals surface area contributed by atoms with Gasteiger partial charge in [0.05, 0.1) is 32.5 Å². The van der Waals surface area contributed by atoms with Crippen molar-refractivity contribution in [2.75, 3.05) is 33.2 Å². The van der Waals surface area contributed by atoms with E-state index in [4.69, 9.17) is 19.9 Å². The Morgan fingerprint density at radius 1 is 1.37 bits per heavy atom. The number of ether oxygens (including phenoxy) is 3. The molecule has 0 saturated heterocycles. The number of aromatic nitrogens is 2. The van der Waals surface area contributed by atoms with Crippen LogP contribution in [0.15, 0.2) is 0 Å². The van der Waals surface area contributed by atoms with E-state index >= 15 is 0 Å². The van der Waals surface area contributed by atoms with E-state index in [0.717, 1.165) is 6.42 Å². The number of methoxy groups -OCH3 is 2. The summed E-state index contributed by atoms with van der Waals surface area (Å²) < 4.78 is 16.6. The van der Waals surface area contributed by atoms with Gasteiger partial charge in [0, 0.05) is 13.7 Å². The minimum absolute atomic E-state index is 0.212. The van der Waals surface area contributed by atoms with Crippen molar-refractivity contribution in [1.82, 2.24) is 9.78 Å². The number of rotatable bonds is 8. The van der Waals surface area contributed by atoms with Crippen molar-refractivity contribution in [3.8, 4) is 0 Å². The average Bonchev–Trinajstić information content (AvgIpc) is 2.72. The Labute approximate surface area is 112 Å². The van der Waals surface area contributed by atoms with Crippen LogP contribution in [0.1, 0.15) is 29.4 Å². The van der Waals surface area contributed by atoms with E-state index in [2.05, 4.69) is 5.10 Å². The highest BCUT2D eigenvalue weighted by Gasteiger charge is 2.21. The highest BCUT2D eigenvalue weighted by Crippen LogP contribution is 2.19. The summed E-state index contributed by atoms with van der Waals surface area (Å²) in [6.07, 6.45) is 0.871. The summed E-state index contributed by atoms with van der Waals surface area (Å²) >= 11 is 0. The molecule has 0 fully saturated rings. The van der Waals surface area contributed by atoms with Crippen LogP contribution in [0.2, 0.25) is 0 Å². The molecule has 1 aromatic heterocycles. The molecule has 0 atom stereocenters. The Morgan fingerprint density at radius 2 is 2.11 bits per heavy atom. The van der Waals surface area contributed by atoms with Crippen LogP contribution in [0.3, 0.4) is 0 Å². The molecule has 1 aromatic rings. The summed E-state index contributed by atoms with van der Waals surface area (Å²) in [5, 5.41) is 4.18. The van der Waals surface area contributed by atoms with E-state index in [1.165, 1.54) is 7.11 Å². The fraction of sp³-hybridized carbons (Fsp3) is 0.667. The van der Waals surface area contributed by atoms with Gasteiger partial charge in [0.2, 0.25) is 0 Å². The lowest BCUT2D eigenvalue weighted by atomic mass is 10.2. The monoisotopic (exact) mass is 271 g/mol.